The molecular formula is C30H32FN7O5. The Morgan fingerprint density at radius 1 is 1.12 bits per heavy atom. The Labute approximate surface area is 248 Å². The molecule has 3 N–H and O–H groups in total. The van der Waals surface area contributed by atoms with Crippen LogP contribution < -0.4 is 21.1 Å². The van der Waals surface area contributed by atoms with Gasteiger partial charge in [0.2, 0.25) is 5.91 Å². The minimum Gasteiger partial charge on any atom is -0.445 e. The molecule has 1 saturated heterocycles. The molecule has 5 rings (SSSR count). The van der Waals surface area contributed by atoms with Gasteiger partial charge in [-0.15, -0.1) is 10.6 Å². The van der Waals surface area contributed by atoms with Crippen LogP contribution in [0.5, 0.6) is 0 Å². The summed E-state index contributed by atoms with van der Waals surface area (Å²) in [6, 6.07) is 20.3. The van der Waals surface area contributed by atoms with Crippen LogP contribution in [-0.4, -0.2) is 67.3 Å². The lowest BCUT2D eigenvalue weighted by atomic mass is 9.99. The molecular weight excluding hydrogens is 557 g/mol. The highest BCUT2D eigenvalue weighted by molar-refractivity contribution is 5.92. The average Bonchev–Trinajstić information content (AvgIpc) is 3.54. The van der Waals surface area contributed by atoms with Crippen molar-refractivity contribution in [1.29, 1.82) is 0 Å². The van der Waals surface area contributed by atoms with Crippen molar-refractivity contribution in [3.8, 4) is 11.1 Å². The minimum absolute atomic E-state index is 0.110. The number of halogens is 1. The van der Waals surface area contributed by atoms with E-state index in [4.69, 9.17) is 9.47 Å². The molecule has 3 aromatic rings. The Morgan fingerprint density at radius 3 is 2.51 bits per heavy atom. The summed E-state index contributed by atoms with van der Waals surface area (Å²) in [7, 11) is 3.50. The number of carbonyl (C=O) groups excluding carboxylic acids is 3. The molecule has 0 aromatic heterocycles. The van der Waals surface area contributed by atoms with E-state index in [-0.39, 0.29) is 25.6 Å². The second-order valence-electron chi connectivity index (χ2n) is 10.1. The number of anilines is 1. The molecule has 1 unspecified atom stereocenters. The number of hydrazone groups is 1. The molecule has 0 saturated carbocycles. The summed E-state index contributed by atoms with van der Waals surface area (Å²) in [6.07, 6.45) is -1.75. The molecule has 3 amide bonds. The van der Waals surface area contributed by atoms with E-state index in [1.54, 1.807) is 55.5 Å². The van der Waals surface area contributed by atoms with Crippen molar-refractivity contribution in [2.75, 3.05) is 32.1 Å². The number of hydrazine groups is 2. The van der Waals surface area contributed by atoms with E-state index in [1.165, 1.54) is 23.0 Å². The summed E-state index contributed by atoms with van der Waals surface area (Å²) >= 11 is 0. The van der Waals surface area contributed by atoms with E-state index in [2.05, 4.69) is 21.3 Å². The fraction of sp³-hybridized carbons (Fsp3) is 0.267. The van der Waals surface area contributed by atoms with E-state index < -0.39 is 30.1 Å². The van der Waals surface area contributed by atoms with Crippen LogP contribution in [0, 0.1) is 5.82 Å². The van der Waals surface area contributed by atoms with Gasteiger partial charge in [0.15, 0.2) is 5.84 Å². The summed E-state index contributed by atoms with van der Waals surface area (Å²) in [5.74, 6) is -0.224. The lowest BCUT2D eigenvalue weighted by molar-refractivity contribution is -0.119. The van der Waals surface area contributed by atoms with Gasteiger partial charge in [-0.05, 0) is 34.9 Å². The zero-order chi connectivity index (χ0) is 30.5. The Bertz CT molecular complexity index is 1520. The van der Waals surface area contributed by atoms with Crippen molar-refractivity contribution in [3.63, 3.8) is 0 Å². The maximum Gasteiger partial charge on any atom is 0.414 e. The van der Waals surface area contributed by atoms with Gasteiger partial charge in [0.25, 0.3) is 0 Å². The van der Waals surface area contributed by atoms with Crippen molar-refractivity contribution in [3.05, 3.63) is 89.7 Å². The molecule has 2 heterocycles. The summed E-state index contributed by atoms with van der Waals surface area (Å²) in [6.45, 7) is 1.86. The van der Waals surface area contributed by atoms with Gasteiger partial charge in [0, 0.05) is 26.6 Å². The highest BCUT2D eigenvalue weighted by atomic mass is 19.1. The minimum atomic E-state index is -0.668. The maximum absolute atomic E-state index is 15.3. The predicted octanol–water partition coefficient (Wildman–Crippen LogP) is 3.53. The SMILES string of the molecule is CC(=O)NC[C@H]1CN(c2ccc(-c3ccc(C(NC(=O)OCc4ccccc4)C4=NN(C)NN4C)cc3)c(F)c2)C(=O)O1. The third-order valence-corrected chi connectivity index (χ3v) is 6.90. The van der Waals surface area contributed by atoms with Gasteiger partial charge >= 0.3 is 12.2 Å². The number of benzene rings is 3. The van der Waals surface area contributed by atoms with Crippen molar-refractivity contribution in [1.82, 2.24) is 26.3 Å². The number of nitrogens with zero attached hydrogens (tertiary/aromatic N) is 4. The number of hydrogen-bond acceptors (Lipinski definition) is 9. The number of hydrogen-bond donors (Lipinski definition) is 3. The van der Waals surface area contributed by atoms with Crippen LogP contribution >= 0.6 is 0 Å². The first-order chi connectivity index (χ1) is 20.7. The number of nitrogens with one attached hydrogen (secondary N) is 3. The van der Waals surface area contributed by atoms with Gasteiger partial charge in [0.1, 0.15) is 24.6 Å². The first-order valence-corrected chi connectivity index (χ1v) is 13.6. The number of alkyl carbamates (subject to hydrolysis) is 1. The number of ether oxygens (including phenoxy) is 2. The van der Waals surface area contributed by atoms with Crippen molar-refractivity contribution >= 4 is 29.6 Å². The van der Waals surface area contributed by atoms with Gasteiger partial charge in [-0.3, -0.25) is 14.7 Å². The van der Waals surface area contributed by atoms with E-state index in [0.717, 1.165) is 5.56 Å². The molecule has 2 aliphatic rings. The van der Waals surface area contributed by atoms with Crippen LogP contribution in [0.1, 0.15) is 24.1 Å². The smallest absolute Gasteiger partial charge is 0.414 e. The number of cyclic esters (lactones) is 1. The molecule has 2 atom stereocenters. The molecule has 0 radical (unpaired) electrons. The summed E-state index contributed by atoms with van der Waals surface area (Å²) in [5.41, 5.74) is 5.85. The normalized spacial score (nSPS) is 16.9. The molecule has 1 fully saturated rings. The molecule has 0 aliphatic carbocycles. The average molecular weight is 590 g/mol. The molecule has 0 spiro atoms. The van der Waals surface area contributed by atoms with Crippen LogP contribution in [0.3, 0.4) is 0 Å². The largest absolute Gasteiger partial charge is 0.445 e. The Morgan fingerprint density at radius 2 is 1.86 bits per heavy atom. The van der Waals surface area contributed by atoms with Crippen molar-refractivity contribution in [2.45, 2.75) is 25.7 Å². The monoisotopic (exact) mass is 589 g/mol. The maximum atomic E-state index is 15.3. The molecule has 2 aliphatic heterocycles. The number of likely N-dealkylation sites (N-methyl/N-ethyl adjacent to an activating group) is 1. The summed E-state index contributed by atoms with van der Waals surface area (Å²) < 4.78 is 26.0. The van der Waals surface area contributed by atoms with Gasteiger partial charge in [-0.25, -0.2) is 19.1 Å². The third-order valence-electron chi connectivity index (χ3n) is 6.90. The lowest BCUT2D eigenvalue weighted by Crippen LogP contribution is -2.44. The molecule has 224 valence electrons. The molecule has 43 heavy (non-hydrogen) atoms. The topological polar surface area (TPSA) is 128 Å². The highest BCUT2D eigenvalue weighted by Crippen LogP contribution is 2.30. The zero-order valence-corrected chi connectivity index (χ0v) is 23.9. The third kappa shape index (κ3) is 7.01. The van der Waals surface area contributed by atoms with Gasteiger partial charge in [-0.2, -0.15) is 0 Å². The van der Waals surface area contributed by atoms with E-state index in [1.807, 2.05) is 30.3 Å². The molecule has 12 nitrogen and oxygen atoms in total. The van der Waals surface area contributed by atoms with E-state index in [0.29, 0.717) is 28.2 Å². The second kappa shape index (κ2) is 12.8. The van der Waals surface area contributed by atoms with Crippen LogP contribution in [0.4, 0.5) is 19.7 Å². The number of amidine groups is 1. The van der Waals surface area contributed by atoms with Crippen LogP contribution in [0.2, 0.25) is 0 Å². The van der Waals surface area contributed by atoms with Gasteiger partial charge < -0.3 is 20.1 Å². The predicted molar refractivity (Wildman–Crippen MR) is 157 cm³/mol. The van der Waals surface area contributed by atoms with Crippen molar-refractivity contribution in [2.24, 2.45) is 5.10 Å². The van der Waals surface area contributed by atoms with Crippen LogP contribution in [0.15, 0.2) is 77.9 Å². The molecule has 3 aromatic carbocycles. The van der Waals surface area contributed by atoms with Crippen LogP contribution in [-0.2, 0) is 20.9 Å². The Kier molecular flexibility index (Phi) is 8.71. The van der Waals surface area contributed by atoms with E-state index in [9.17, 15) is 14.4 Å². The number of rotatable bonds is 9. The Balaban J connectivity index is 1.31. The number of carbonyl (C=O) groups is 3. The van der Waals surface area contributed by atoms with Crippen molar-refractivity contribution < 1.29 is 28.2 Å². The van der Waals surface area contributed by atoms with Gasteiger partial charge in [-0.1, -0.05) is 54.6 Å². The lowest BCUT2D eigenvalue weighted by Gasteiger charge is -2.23. The summed E-state index contributed by atoms with van der Waals surface area (Å²) in [4.78, 5) is 37.6. The van der Waals surface area contributed by atoms with Crippen LogP contribution in [0.25, 0.3) is 11.1 Å². The first-order valence-electron chi connectivity index (χ1n) is 13.6. The van der Waals surface area contributed by atoms with E-state index >= 15 is 4.39 Å². The highest BCUT2D eigenvalue weighted by Gasteiger charge is 2.33. The number of amides is 3. The quantitative estimate of drug-likeness (QED) is 0.346. The first kappa shape index (κ1) is 29.3. The zero-order valence-electron chi connectivity index (χ0n) is 23.9. The summed E-state index contributed by atoms with van der Waals surface area (Å²) in [5, 5.41) is 13.2. The fourth-order valence-corrected chi connectivity index (χ4v) is 4.80. The molecule has 0 bridgehead atoms. The standard InChI is InChI=1S/C30H32FN7O5/c1-19(39)32-16-24-17-38(30(41)43-24)23-13-14-25(26(31)15-23)21-9-11-22(12-10-21)27(28-34-37(3)35-36(28)2)33-29(40)42-18-20-7-5-4-6-8-20/h4-15,24,27,35H,16-18H2,1-3H3,(H,32,39)(H,33,40)/t24-,27?/m0/s1. The second-order valence-corrected chi connectivity index (χ2v) is 10.1. The van der Waals surface area contributed by atoms with Gasteiger partial charge in [0.05, 0.1) is 18.8 Å². The molecule has 13 heteroatoms. The Hall–Kier alpha value is -5.17. The fourth-order valence-electron chi connectivity index (χ4n) is 4.80.